The average molecular weight is 497 g/mol. The third kappa shape index (κ3) is 6.33. The summed E-state index contributed by atoms with van der Waals surface area (Å²) in [6.45, 7) is 10.9. The van der Waals surface area contributed by atoms with Crippen molar-refractivity contribution in [3.8, 4) is 0 Å². The van der Waals surface area contributed by atoms with Crippen molar-refractivity contribution in [2.75, 3.05) is 38.6 Å². The first-order valence-corrected chi connectivity index (χ1v) is 12.7. The largest absolute Gasteiger partial charge is 0.383 e. The molecule has 0 radical (unpaired) electrons. The number of amides is 1. The minimum absolute atomic E-state index is 0.0543. The van der Waals surface area contributed by atoms with Crippen LogP contribution >= 0.6 is 0 Å². The molecule has 2 heterocycles. The Balaban J connectivity index is 1.89. The smallest absolute Gasteiger partial charge is 0.261 e. The number of hydrogen-bond donors (Lipinski definition) is 4. The van der Waals surface area contributed by atoms with Gasteiger partial charge < -0.3 is 31.0 Å². The summed E-state index contributed by atoms with van der Waals surface area (Å²) in [6, 6.07) is 7.18. The number of piperidine rings is 1. The normalized spacial score (nSPS) is 16.4. The fourth-order valence-electron chi connectivity index (χ4n) is 4.66. The minimum atomic E-state index is -0.296. The molecule has 1 aromatic heterocycles. The molecule has 1 atom stereocenters. The van der Waals surface area contributed by atoms with Gasteiger partial charge in [-0.2, -0.15) is 0 Å². The number of H-pyrrole nitrogens is 1. The van der Waals surface area contributed by atoms with Crippen LogP contribution < -0.4 is 21.9 Å². The van der Waals surface area contributed by atoms with Gasteiger partial charge in [0.25, 0.3) is 11.5 Å². The van der Waals surface area contributed by atoms with E-state index in [4.69, 9.17) is 10.5 Å². The van der Waals surface area contributed by atoms with Gasteiger partial charge in [0.05, 0.1) is 17.5 Å². The standard InChI is InChI=1S/C27H40N6O3/c1-6-27(11-14-29-15-12-27)32-22-10-13-30-25(34)23(22)24(28)31-20-8-9-21(18(3)16-20)26(35)33(7-2)17-19(4)36-5/h8-10,13,16,19,29H,6-7,11-12,14-15,17H2,1-5H3,(H2,28,31)(H2,30,32,34). The minimum Gasteiger partial charge on any atom is -0.383 e. The molecule has 1 aromatic carbocycles. The summed E-state index contributed by atoms with van der Waals surface area (Å²) in [5.74, 6) is 0.0716. The number of aromatic amines is 1. The molecule has 9 heteroatoms. The number of ether oxygens (including phenoxy) is 1. The number of carbonyl (C=O) groups is 1. The Kier molecular flexibility index (Phi) is 9.28. The van der Waals surface area contributed by atoms with Gasteiger partial charge in [-0.05, 0) is 83.0 Å². The number of anilines is 1. The van der Waals surface area contributed by atoms with Crippen molar-refractivity contribution in [1.29, 1.82) is 0 Å². The summed E-state index contributed by atoms with van der Waals surface area (Å²) in [6.07, 6.45) is 4.42. The molecule has 1 fully saturated rings. The Morgan fingerprint density at radius 2 is 2.00 bits per heavy atom. The van der Waals surface area contributed by atoms with Crippen LogP contribution in [-0.4, -0.2) is 66.6 Å². The molecule has 36 heavy (non-hydrogen) atoms. The van der Waals surface area contributed by atoms with Crippen LogP contribution in [0.25, 0.3) is 0 Å². The fourth-order valence-corrected chi connectivity index (χ4v) is 4.66. The second kappa shape index (κ2) is 12.2. The summed E-state index contributed by atoms with van der Waals surface area (Å²) in [7, 11) is 1.64. The van der Waals surface area contributed by atoms with E-state index in [1.165, 1.54) is 0 Å². The predicted molar refractivity (Wildman–Crippen MR) is 145 cm³/mol. The van der Waals surface area contributed by atoms with Gasteiger partial charge in [0.1, 0.15) is 11.4 Å². The molecule has 2 aromatic rings. The van der Waals surface area contributed by atoms with Crippen molar-refractivity contribution in [2.24, 2.45) is 10.7 Å². The highest BCUT2D eigenvalue weighted by molar-refractivity contribution is 6.03. The Labute approximate surface area is 213 Å². The number of aryl methyl sites for hydroxylation is 1. The van der Waals surface area contributed by atoms with Crippen LogP contribution in [0.2, 0.25) is 0 Å². The van der Waals surface area contributed by atoms with Crippen molar-refractivity contribution in [2.45, 2.75) is 58.6 Å². The molecule has 5 N–H and O–H groups in total. The van der Waals surface area contributed by atoms with Crippen molar-refractivity contribution >= 4 is 23.1 Å². The highest BCUT2D eigenvalue weighted by Gasteiger charge is 2.31. The number of aliphatic imine (C=N–C) groups is 1. The molecular formula is C27H40N6O3. The molecular weight excluding hydrogens is 456 g/mol. The molecule has 1 aliphatic heterocycles. The molecule has 3 rings (SSSR count). The number of carbonyl (C=O) groups excluding carboxylic acids is 1. The third-order valence-corrected chi connectivity index (χ3v) is 7.09. The Bertz CT molecular complexity index is 1140. The second-order valence-corrected chi connectivity index (χ2v) is 9.49. The quantitative estimate of drug-likeness (QED) is 0.296. The van der Waals surface area contributed by atoms with Crippen LogP contribution in [0.15, 0.2) is 40.2 Å². The average Bonchev–Trinajstić information content (AvgIpc) is 2.87. The summed E-state index contributed by atoms with van der Waals surface area (Å²) in [5.41, 5.74) is 8.98. The fraction of sp³-hybridized carbons (Fsp3) is 0.519. The van der Waals surface area contributed by atoms with Gasteiger partial charge in [-0.25, -0.2) is 4.99 Å². The molecule has 0 aliphatic carbocycles. The van der Waals surface area contributed by atoms with E-state index >= 15 is 0 Å². The number of nitrogens with zero attached hydrogens (tertiary/aromatic N) is 2. The molecule has 196 valence electrons. The molecule has 0 bridgehead atoms. The first-order chi connectivity index (χ1) is 17.2. The van der Waals surface area contributed by atoms with Gasteiger partial charge >= 0.3 is 0 Å². The lowest BCUT2D eigenvalue weighted by molar-refractivity contribution is 0.0551. The van der Waals surface area contributed by atoms with Gasteiger partial charge in [-0.3, -0.25) is 9.59 Å². The van der Waals surface area contributed by atoms with Gasteiger partial charge in [-0.1, -0.05) is 6.92 Å². The number of methoxy groups -OCH3 is 1. The maximum atomic E-state index is 13.1. The van der Waals surface area contributed by atoms with Crippen molar-refractivity contribution < 1.29 is 9.53 Å². The molecule has 0 spiro atoms. The van der Waals surface area contributed by atoms with E-state index in [0.717, 1.165) is 37.9 Å². The number of nitrogens with two attached hydrogens (primary N) is 1. The van der Waals surface area contributed by atoms with Crippen LogP contribution in [0.5, 0.6) is 0 Å². The second-order valence-electron chi connectivity index (χ2n) is 9.49. The van der Waals surface area contributed by atoms with Crippen LogP contribution in [0.3, 0.4) is 0 Å². The van der Waals surface area contributed by atoms with E-state index in [0.29, 0.717) is 35.6 Å². The SMILES string of the molecule is CCN(CC(C)OC)C(=O)c1ccc(N=C(N)c2c(NC3(CC)CCNCC3)cc[nH]c2=O)cc1C. The van der Waals surface area contributed by atoms with E-state index in [2.05, 4.69) is 27.5 Å². The summed E-state index contributed by atoms with van der Waals surface area (Å²) in [4.78, 5) is 34.9. The lowest BCUT2D eigenvalue weighted by atomic mass is 9.85. The molecule has 1 aliphatic rings. The zero-order chi connectivity index (χ0) is 26.3. The highest BCUT2D eigenvalue weighted by Crippen LogP contribution is 2.29. The topological polar surface area (TPSA) is 125 Å². The van der Waals surface area contributed by atoms with Crippen LogP contribution in [0.4, 0.5) is 11.4 Å². The Morgan fingerprint density at radius 3 is 2.61 bits per heavy atom. The summed E-state index contributed by atoms with van der Waals surface area (Å²) < 4.78 is 5.32. The zero-order valence-corrected chi connectivity index (χ0v) is 22.1. The number of pyridine rings is 1. The number of nitrogens with one attached hydrogen (secondary N) is 3. The number of rotatable bonds is 10. The number of aromatic nitrogens is 1. The Morgan fingerprint density at radius 1 is 1.28 bits per heavy atom. The highest BCUT2D eigenvalue weighted by atomic mass is 16.5. The van der Waals surface area contributed by atoms with Crippen molar-refractivity contribution in [1.82, 2.24) is 15.2 Å². The number of benzene rings is 1. The predicted octanol–water partition coefficient (Wildman–Crippen LogP) is 3.16. The van der Waals surface area contributed by atoms with Crippen LogP contribution in [-0.2, 0) is 4.74 Å². The van der Waals surface area contributed by atoms with Crippen LogP contribution in [0, 0.1) is 6.92 Å². The van der Waals surface area contributed by atoms with Gasteiger partial charge in [0.15, 0.2) is 0 Å². The molecule has 1 saturated heterocycles. The lowest BCUT2D eigenvalue weighted by Crippen LogP contribution is -2.47. The number of amidine groups is 1. The maximum absolute atomic E-state index is 13.1. The molecule has 9 nitrogen and oxygen atoms in total. The van der Waals surface area contributed by atoms with E-state index < -0.39 is 0 Å². The first-order valence-electron chi connectivity index (χ1n) is 12.7. The maximum Gasteiger partial charge on any atom is 0.261 e. The van der Waals surface area contributed by atoms with E-state index in [9.17, 15) is 9.59 Å². The first kappa shape index (κ1) is 27.4. The monoisotopic (exact) mass is 496 g/mol. The zero-order valence-electron chi connectivity index (χ0n) is 22.1. The van der Waals surface area contributed by atoms with Crippen molar-refractivity contribution in [3.05, 3.63) is 57.5 Å². The van der Waals surface area contributed by atoms with Crippen LogP contribution in [0.1, 0.15) is 61.5 Å². The lowest BCUT2D eigenvalue weighted by Gasteiger charge is -2.39. The van der Waals surface area contributed by atoms with Gasteiger partial charge in [0, 0.05) is 37.5 Å². The van der Waals surface area contributed by atoms with E-state index in [1.54, 1.807) is 30.3 Å². The van der Waals surface area contributed by atoms with Crippen molar-refractivity contribution in [3.63, 3.8) is 0 Å². The number of likely N-dealkylation sites (N-methyl/N-ethyl adjacent to an activating group) is 1. The van der Waals surface area contributed by atoms with Gasteiger partial charge in [0.2, 0.25) is 0 Å². The van der Waals surface area contributed by atoms with E-state index in [-0.39, 0.29) is 28.9 Å². The van der Waals surface area contributed by atoms with Gasteiger partial charge in [-0.15, -0.1) is 0 Å². The molecule has 1 amide bonds. The summed E-state index contributed by atoms with van der Waals surface area (Å²) >= 11 is 0. The molecule has 1 unspecified atom stereocenters. The number of hydrogen-bond acceptors (Lipinski definition) is 6. The van der Waals surface area contributed by atoms with E-state index in [1.807, 2.05) is 32.9 Å². The molecule has 0 saturated carbocycles. The Hall–Kier alpha value is -3.17. The third-order valence-electron chi connectivity index (χ3n) is 7.09. The summed E-state index contributed by atoms with van der Waals surface area (Å²) in [5, 5.41) is 7.01.